The van der Waals surface area contributed by atoms with Crippen molar-refractivity contribution >= 4 is 17.4 Å². The van der Waals surface area contributed by atoms with Crippen molar-refractivity contribution in [3.05, 3.63) is 34.6 Å². The molecule has 1 aromatic carbocycles. The fourth-order valence-corrected chi connectivity index (χ4v) is 2.59. The van der Waals surface area contributed by atoms with Crippen LogP contribution in [-0.4, -0.2) is 10.1 Å². The molecule has 1 rings (SSSR count). The van der Waals surface area contributed by atoms with E-state index in [1.807, 2.05) is 27.7 Å². The van der Waals surface area contributed by atoms with E-state index in [1.54, 1.807) is 6.92 Å². The first-order valence-corrected chi connectivity index (χ1v) is 7.36. The molecule has 1 atom stereocenters. The van der Waals surface area contributed by atoms with Gasteiger partial charge in [0, 0.05) is 0 Å². The van der Waals surface area contributed by atoms with Gasteiger partial charge in [-0.3, -0.25) is 4.79 Å². The molecule has 0 heterocycles. The van der Waals surface area contributed by atoms with Crippen LogP contribution in [0.5, 0.6) is 0 Å². The summed E-state index contributed by atoms with van der Waals surface area (Å²) in [6.45, 7) is 9.54. The van der Waals surface area contributed by atoms with Gasteiger partial charge in [0.05, 0.1) is 5.92 Å². The van der Waals surface area contributed by atoms with Gasteiger partial charge in [0.15, 0.2) is 0 Å². The van der Waals surface area contributed by atoms with Gasteiger partial charge >= 0.3 is 0 Å². The Bertz CT molecular complexity index is 534. The minimum atomic E-state index is -0.535. The Kier molecular flexibility index (Phi) is 5.74. The van der Waals surface area contributed by atoms with Crippen LogP contribution >= 0.6 is 0 Å². The molecule has 5 heteroatoms. The first kappa shape index (κ1) is 16.7. The molecule has 0 radical (unpaired) electrons. The molecule has 0 bridgehead atoms. The van der Waals surface area contributed by atoms with E-state index in [1.165, 1.54) is 12.1 Å². The molecular formula is C15H20FNO2S. The van der Waals surface area contributed by atoms with Crippen LogP contribution in [0.4, 0.5) is 4.39 Å². The van der Waals surface area contributed by atoms with Crippen molar-refractivity contribution < 1.29 is 13.4 Å². The molecule has 0 spiro atoms. The van der Waals surface area contributed by atoms with Crippen LogP contribution in [0.15, 0.2) is 16.5 Å². The zero-order valence-electron chi connectivity index (χ0n) is 12.4. The Morgan fingerprint density at radius 2 is 1.55 bits per heavy atom. The Hall–Kier alpha value is -1.36. The Morgan fingerprint density at radius 3 is 1.90 bits per heavy atom. The molecule has 1 aromatic rings. The van der Waals surface area contributed by atoms with E-state index in [9.17, 15) is 13.4 Å². The fraction of sp³-hybridized carbons (Fsp3) is 0.533. The lowest BCUT2D eigenvalue weighted by Gasteiger charge is -2.22. The minimum absolute atomic E-state index is 0.0842. The summed E-state index contributed by atoms with van der Waals surface area (Å²) in [5, 5.41) is 0. The van der Waals surface area contributed by atoms with E-state index in [2.05, 4.69) is 4.36 Å². The average Bonchev–Trinajstić information content (AvgIpc) is 2.36. The molecule has 0 fully saturated rings. The van der Waals surface area contributed by atoms with Crippen LogP contribution < -0.4 is 0 Å². The lowest BCUT2D eigenvalue weighted by Crippen LogP contribution is -2.14. The van der Waals surface area contributed by atoms with Crippen molar-refractivity contribution in [3.8, 4) is 0 Å². The predicted octanol–water partition coefficient (Wildman–Crippen LogP) is 4.10. The highest BCUT2D eigenvalue weighted by molar-refractivity contribution is 7.55. The van der Waals surface area contributed by atoms with Gasteiger partial charge in [-0.15, -0.1) is 4.36 Å². The van der Waals surface area contributed by atoms with Crippen LogP contribution in [0.2, 0.25) is 0 Å². The second kappa shape index (κ2) is 6.88. The lowest BCUT2D eigenvalue weighted by atomic mass is 9.82. The molecule has 1 amide bonds. The molecular weight excluding hydrogens is 277 g/mol. The number of rotatable bonds is 4. The van der Waals surface area contributed by atoms with E-state index < -0.39 is 11.8 Å². The van der Waals surface area contributed by atoms with Crippen LogP contribution in [0.25, 0.3) is 0 Å². The molecule has 3 nitrogen and oxygen atoms in total. The number of benzene rings is 1. The topological polar surface area (TPSA) is 46.5 Å². The predicted molar refractivity (Wildman–Crippen MR) is 78.6 cm³/mol. The van der Waals surface area contributed by atoms with E-state index >= 15 is 0 Å². The molecule has 0 aromatic heterocycles. The average molecular weight is 297 g/mol. The van der Waals surface area contributed by atoms with Gasteiger partial charge in [-0.1, -0.05) is 27.7 Å². The van der Waals surface area contributed by atoms with Gasteiger partial charge in [-0.05, 0) is 47.6 Å². The lowest BCUT2D eigenvalue weighted by molar-refractivity contribution is -0.118. The number of halogens is 1. The zero-order chi connectivity index (χ0) is 15.4. The second-order valence-electron chi connectivity index (χ2n) is 5.53. The number of hydrogen-bond acceptors (Lipinski definition) is 2. The SMILES string of the molecule is CC(C)c1cc(F)cc(C(C)C)c1C(C)C(=O)N=S=O. The van der Waals surface area contributed by atoms with Gasteiger partial charge < -0.3 is 0 Å². The monoisotopic (exact) mass is 297 g/mol. The number of amides is 1. The maximum Gasteiger partial charge on any atom is 0.266 e. The third kappa shape index (κ3) is 3.60. The van der Waals surface area contributed by atoms with Gasteiger partial charge in [0.2, 0.25) is 11.5 Å². The van der Waals surface area contributed by atoms with Crippen LogP contribution in [0.3, 0.4) is 0 Å². The summed E-state index contributed by atoms with van der Waals surface area (Å²) < 4.78 is 27.6. The Morgan fingerprint density at radius 1 is 1.10 bits per heavy atom. The van der Waals surface area contributed by atoms with E-state index in [-0.39, 0.29) is 29.1 Å². The smallest absolute Gasteiger partial charge is 0.266 e. The number of carbonyl (C=O) groups is 1. The summed E-state index contributed by atoms with van der Waals surface area (Å²) in [7, 11) is 0. The maximum absolute atomic E-state index is 13.8. The summed E-state index contributed by atoms with van der Waals surface area (Å²) >= 11 is -0.0842. The van der Waals surface area contributed by atoms with E-state index in [0.717, 1.165) is 16.7 Å². The molecule has 110 valence electrons. The summed E-state index contributed by atoms with van der Waals surface area (Å²) in [5.74, 6) is -1.12. The van der Waals surface area contributed by atoms with Gasteiger partial charge in [-0.2, -0.15) is 4.21 Å². The summed E-state index contributed by atoms with van der Waals surface area (Å²) in [4.78, 5) is 11.9. The third-order valence-corrected chi connectivity index (χ3v) is 3.64. The summed E-state index contributed by atoms with van der Waals surface area (Å²) in [5.41, 5.74) is 2.42. The van der Waals surface area contributed by atoms with Crippen molar-refractivity contribution in [3.63, 3.8) is 0 Å². The Labute approximate surface area is 122 Å². The van der Waals surface area contributed by atoms with E-state index in [4.69, 9.17) is 0 Å². The molecule has 0 aliphatic carbocycles. The quantitative estimate of drug-likeness (QED) is 0.840. The highest BCUT2D eigenvalue weighted by Crippen LogP contribution is 2.34. The van der Waals surface area contributed by atoms with Crippen molar-refractivity contribution in [2.75, 3.05) is 0 Å². The van der Waals surface area contributed by atoms with Crippen molar-refractivity contribution in [2.24, 2.45) is 4.36 Å². The number of hydrogen-bond donors (Lipinski definition) is 0. The van der Waals surface area contributed by atoms with Crippen LogP contribution in [-0.2, 0) is 16.3 Å². The van der Waals surface area contributed by atoms with Crippen molar-refractivity contribution in [1.29, 1.82) is 0 Å². The molecule has 20 heavy (non-hydrogen) atoms. The fourth-order valence-electron chi connectivity index (χ4n) is 2.36. The number of carbonyl (C=O) groups excluding carboxylic acids is 1. The van der Waals surface area contributed by atoms with Gasteiger partial charge in [-0.25, -0.2) is 4.39 Å². The standard InChI is InChI=1S/C15H20FNO2S/c1-8(2)12-6-11(16)7-13(9(3)4)14(12)10(5)15(18)17-20-19/h6-10H,1-5H3. The van der Waals surface area contributed by atoms with Crippen LogP contribution in [0.1, 0.15) is 69.1 Å². The molecule has 0 N–H and O–H groups in total. The maximum atomic E-state index is 13.8. The highest BCUT2D eigenvalue weighted by atomic mass is 32.1. The molecule has 0 aliphatic heterocycles. The summed E-state index contributed by atoms with van der Waals surface area (Å²) in [6.07, 6.45) is 0. The van der Waals surface area contributed by atoms with E-state index in [0.29, 0.717) is 0 Å². The molecule has 1 unspecified atom stereocenters. The minimum Gasteiger partial charge on any atom is -0.271 e. The van der Waals surface area contributed by atoms with Gasteiger partial charge in [0.1, 0.15) is 5.82 Å². The zero-order valence-corrected chi connectivity index (χ0v) is 13.3. The van der Waals surface area contributed by atoms with Crippen molar-refractivity contribution in [1.82, 2.24) is 0 Å². The summed E-state index contributed by atoms with van der Waals surface area (Å²) in [6, 6.07) is 2.94. The highest BCUT2D eigenvalue weighted by Gasteiger charge is 2.25. The largest absolute Gasteiger partial charge is 0.271 e. The first-order valence-electron chi connectivity index (χ1n) is 6.66. The van der Waals surface area contributed by atoms with Crippen molar-refractivity contribution in [2.45, 2.75) is 52.4 Å². The second-order valence-corrected chi connectivity index (χ2v) is 5.86. The number of nitrogens with zero attached hydrogens (tertiary/aromatic N) is 1. The molecule has 0 aliphatic rings. The first-order chi connectivity index (χ1) is 9.29. The van der Waals surface area contributed by atoms with Gasteiger partial charge in [0.25, 0.3) is 5.91 Å². The molecule has 0 saturated heterocycles. The third-order valence-electron chi connectivity index (χ3n) is 3.38. The Balaban J connectivity index is 3.55. The molecule has 0 saturated carbocycles. The normalized spacial score (nSPS) is 12.6. The van der Waals surface area contributed by atoms with Crippen LogP contribution in [0, 0.1) is 5.82 Å².